The third-order valence-electron chi connectivity index (χ3n) is 2.74. The molecule has 0 saturated carbocycles. The van der Waals surface area contributed by atoms with Gasteiger partial charge in [0.2, 0.25) is 0 Å². The molecule has 1 aliphatic rings. The second-order valence-corrected chi connectivity index (χ2v) is 4.21. The highest BCUT2D eigenvalue weighted by Crippen LogP contribution is 2.30. The first-order valence-electron chi connectivity index (χ1n) is 5.28. The molecule has 0 fully saturated rings. The smallest absolute Gasteiger partial charge is 0.267 e. The summed E-state index contributed by atoms with van der Waals surface area (Å²) in [5.74, 6) is -0.613. The maximum absolute atomic E-state index is 12.2. The molecule has 0 atom stereocenters. The molecule has 2 amide bonds. The molecule has 18 heavy (non-hydrogen) atoms. The Balaban J connectivity index is 2.16. The fourth-order valence-electron chi connectivity index (χ4n) is 1.92. The minimum Gasteiger partial charge on any atom is -0.268 e. The van der Waals surface area contributed by atoms with Gasteiger partial charge in [-0.05, 0) is 24.3 Å². The molecule has 2 aromatic rings. The Labute approximate surface area is 108 Å². The third-order valence-corrected chi connectivity index (χ3v) is 3.04. The van der Waals surface area contributed by atoms with Crippen molar-refractivity contribution >= 4 is 29.2 Å². The Morgan fingerprint density at radius 2 is 1.56 bits per heavy atom. The lowest BCUT2D eigenvalue weighted by Gasteiger charge is -2.13. The van der Waals surface area contributed by atoms with E-state index < -0.39 is 11.8 Å². The van der Waals surface area contributed by atoms with E-state index in [2.05, 4.69) is 4.98 Å². The second-order valence-electron chi connectivity index (χ2n) is 3.80. The van der Waals surface area contributed by atoms with E-state index in [9.17, 15) is 9.59 Å². The number of anilines is 1. The quantitative estimate of drug-likeness (QED) is 0.739. The van der Waals surface area contributed by atoms with Gasteiger partial charge in [-0.1, -0.05) is 23.7 Å². The lowest BCUT2D eigenvalue weighted by Crippen LogP contribution is -2.30. The first-order chi connectivity index (χ1) is 8.70. The number of amides is 2. The fourth-order valence-corrected chi connectivity index (χ4v) is 2.13. The molecule has 0 saturated heterocycles. The lowest BCUT2D eigenvalue weighted by atomic mass is 10.1. The first kappa shape index (κ1) is 10.9. The van der Waals surface area contributed by atoms with Crippen LogP contribution in [0.25, 0.3) is 0 Å². The van der Waals surface area contributed by atoms with Gasteiger partial charge in [0.1, 0.15) is 0 Å². The second kappa shape index (κ2) is 3.92. The molecular formula is C13H7ClN2O2. The van der Waals surface area contributed by atoms with Crippen molar-refractivity contribution in [1.82, 2.24) is 4.98 Å². The highest BCUT2D eigenvalue weighted by molar-refractivity contribution is 6.39. The van der Waals surface area contributed by atoms with Crippen molar-refractivity contribution < 1.29 is 9.59 Å². The van der Waals surface area contributed by atoms with Crippen LogP contribution in [-0.2, 0) is 0 Å². The molecule has 1 aromatic heterocycles. The number of pyridine rings is 1. The SMILES string of the molecule is O=C1c2ccccc2C(=O)N1c1ncccc1Cl. The minimum atomic E-state index is -0.392. The van der Waals surface area contributed by atoms with Gasteiger partial charge in [-0.25, -0.2) is 9.88 Å². The van der Waals surface area contributed by atoms with Crippen molar-refractivity contribution in [3.8, 4) is 0 Å². The van der Waals surface area contributed by atoms with E-state index in [1.54, 1.807) is 36.4 Å². The van der Waals surface area contributed by atoms with E-state index in [-0.39, 0.29) is 10.8 Å². The van der Waals surface area contributed by atoms with Crippen LogP contribution in [0, 0.1) is 0 Å². The summed E-state index contributed by atoms with van der Waals surface area (Å²) in [5.41, 5.74) is 0.758. The van der Waals surface area contributed by atoms with E-state index >= 15 is 0 Å². The van der Waals surface area contributed by atoms with Crippen LogP contribution in [-0.4, -0.2) is 16.8 Å². The number of carbonyl (C=O) groups excluding carboxylic acids is 2. The van der Waals surface area contributed by atoms with E-state index in [1.165, 1.54) is 6.20 Å². The van der Waals surface area contributed by atoms with E-state index in [0.717, 1.165) is 4.90 Å². The largest absolute Gasteiger partial charge is 0.268 e. The third kappa shape index (κ3) is 1.43. The zero-order chi connectivity index (χ0) is 12.7. The lowest BCUT2D eigenvalue weighted by molar-refractivity contribution is 0.0925. The Bertz CT molecular complexity index is 635. The number of aromatic nitrogens is 1. The first-order valence-corrected chi connectivity index (χ1v) is 5.66. The molecule has 1 aliphatic heterocycles. The summed E-state index contributed by atoms with van der Waals surface area (Å²) in [5, 5.41) is 0.270. The number of hydrogen-bond acceptors (Lipinski definition) is 3. The molecule has 0 unspecified atom stereocenters. The molecule has 3 rings (SSSR count). The van der Waals surface area contributed by atoms with Crippen LogP contribution >= 0.6 is 11.6 Å². The van der Waals surface area contributed by atoms with Crippen LogP contribution < -0.4 is 4.90 Å². The van der Waals surface area contributed by atoms with Gasteiger partial charge >= 0.3 is 0 Å². The highest BCUT2D eigenvalue weighted by Gasteiger charge is 2.37. The predicted octanol–water partition coefficient (Wildman–Crippen LogP) is 2.54. The van der Waals surface area contributed by atoms with Crippen LogP contribution in [0.2, 0.25) is 5.02 Å². The standard InChI is InChI=1S/C13H7ClN2O2/c14-10-6-3-7-15-11(10)16-12(17)8-4-1-2-5-9(8)13(16)18/h1-7H. The van der Waals surface area contributed by atoms with Gasteiger partial charge in [-0.15, -0.1) is 0 Å². The monoisotopic (exact) mass is 258 g/mol. The Hall–Kier alpha value is -2.20. The number of carbonyl (C=O) groups is 2. The average molecular weight is 259 g/mol. The summed E-state index contributed by atoms with van der Waals surface area (Å²) in [7, 11) is 0. The van der Waals surface area contributed by atoms with Gasteiger partial charge in [0.25, 0.3) is 11.8 Å². The van der Waals surface area contributed by atoms with Crippen LogP contribution in [0.4, 0.5) is 5.82 Å². The fraction of sp³-hybridized carbons (Fsp3) is 0. The van der Waals surface area contributed by atoms with Crippen molar-refractivity contribution in [3.63, 3.8) is 0 Å². The van der Waals surface area contributed by atoms with Gasteiger partial charge in [-0.2, -0.15) is 0 Å². The van der Waals surface area contributed by atoms with E-state index in [4.69, 9.17) is 11.6 Å². The number of halogens is 1. The summed E-state index contributed by atoms with van der Waals surface area (Å²) in [6, 6.07) is 9.90. The van der Waals surface area contributed by atoms with Crippen molar-refractivity contribution in [1.29, 1.82) is 0 Å². The average Bonchev–Trinajstić information content (AvgIpc) is 2.64. The van der Waals surface area contributed by atoms with Gasteiger partial charge in [0.05, 0.1) is 16.1 Å². The molecular weight excluding hydrogens is 252 g/mol. The number of fused-ring (bicyclic) bond motifs is 1. The molecule has 0 spiro atoms. The summed E-state index contributed by atoms with van der Waals surface area (Å²) in [6.07, 6.45) is 1.49. The summed E-state index contributed by atoms with van der Waals surface area (Å²) >= 11 is 5.97. The number of nitrogens with zero attached hydrogens (tertiary/aromatic N) is 2. The molecule has 2 heterocycles. The number of imide groups is 1. The Morgan fingerprint density at radius 1 is 0.944 bits per heavy atom. The normalized spacial score (nSPS) is 13.9. The van der Waals surface area contributed by atoms with E-state index in [1.807, 2.05) is 0 Å². The zero-order valence-corrected chi connectivity index (χ0v) is 9.89. The van der Waals surface area contributed by atoms with Crippen molar-refractivity contribution in [3.05, 3.63) is 58.7 Å². The van der Waals surface area contributed by atoms with Crippen molar-refractivity contribution in [2.45, 2.75) is 0 Å². The predicted molar refractivity (Wildman–Crippen MR) is 66.8 cm³/mol. The van der Waals surface area contributed by atoms with Gasteiger partial charge in [0, 0.05) is 6.20 Å². The van der Waals surface area contributed by atoms with Crippen molar-refractivity contribution in [2.24, 2.45) is 0 Å². The Morgan fingerprint density at radius 3 is 2.11 bits per heavy atom. The van der Waals surface area contributed by atoms with Gasteiger partial charge in [0.15, 0.2) is 5.82 Å². The van der Waals surface area contributed by atoms with Crippen LogP contribution in [0.5, 0.6) is 0 Å². The van der Waals surface area contributed by atoms with Crippen molar-refractivity contribution in [2.75, 3.05) is 4.90 Å². The van der Waals surface area contributed by atoms with Gasteiger partial charge in [-0.3, -0.25) is 9.59 Å². The molecule has 1 aromatic carbocycles. The molecule has 0 radical (unpaired) electrons. The van der Waals surface area contributed by atoms with Crippen LogP contribution in [0.3, 0.4) is 0 Å². The zero-order valence-electron chi connectivity index (χ0n) is 9.13. The molecule has 0 aliphatic carbocycles. The van der Waals surface area contributed by atoms with E-state index in [0.29, 0.717) is 11.1 Å². The number of hydrogen-bond donors (Lipinski definition) is 0. The van der Waals surface area contributed by atoms with Crippen LogP contribution in [0.15, 0.2) is 42.6 Å². The molecule has 0 N–H and O–H groups in total. The summed E-state index contributed by atoms with van der Waals surface area (Å²) in [6.45, 7) is 0. The number of benzene rings is 1. The highest BCUT2D eigenvalue weighted by atomic mass is 35.5. The molecule has 0 bridgehead atoms. The maximum Gasteiger partial charge on any atom is 0.267 e. The van der Waals surface area contributed by atoms with Gasteiger partial charge < -0.3 is 0 Å². The maximum atomic E-state index is 12.2. The molecule has 88 valence electrons. The topological polar surface area (TPSA) is 50.3 Å². The Kier molecular flexibility index (Phi) is 2.38. The molecule has 5 heteroatoms. The summed E-state index contributed by atoms with van der Waals surface area (Å²) < 4.78 is 0. The van der Waals surface area contributed by atoms with Crippen LogP contribution in [0.1, 0.15) is 20.7 Å². The minimum absolute atomic E-state index is 0.172. The number of rotatable bonds is 1. The molecule has 4 nitrogen and oxygen atoms in total. The summed E-state index contributed by atoms with van der Waals surface area (Å²) in [4.78, 5) is 29.3.